The molecular weight excluding hydrogens is 268 g/mol. The van der Waals surface area contributed by atoms with E-state index in [0.29, 0.717) is 36.3 Å². The van der Waals surface area contributed by atoms with E-state index in [1.807, 2.05) is 0 Å². The van der Waals surface area contributed by atoms with Gasteiger partial charge in [0.25, 0.3) is 5.91 Å². The lowest BCUT2D eigenvalue weighted by Crippen LogP contribution is -2.29. The molecule has 5 nitrogen and oxygen atoms in total. The topological polar surface area (TPSA) is 73.6 Å². The first-order valence-electron chi connectivity index (χ1n) is 7.54. The van der Waals surface area contributed by atoms with Gasteiger partial charge in [0.1, 0.15) is 5.75 Å². The Morgan fingerprint density at radius 1 is 1.33 bits per heavy atom. The molecule has 1 saturated carbocycles. The van der Waals surface area contributed by atoms with Crippen molar-refractivity contribution < 1.29 is 14.3 Å². The van der Waals surface area contributed by atoms with Crippen molar-refractivity contribution in [1.82, 2.24) is 5.32 Å². The summed E-state index contributed by atoms with van der Waals surface area (Å²) in [5.74, 6) is 0.319. The third-order valence-corrected chi connectivity index (χ3v) is 3.82. The lowest BCUT2D eigenvalue weighted by molar-refractivity contribution is 0.0299. The van der Waals surface area contributed by atoms with Crippen molar-refractivity contribution in [2.75, 3.05) is 26.0 Å². The number of nitrogen functional groups attached to an aromatic ring is 1. The number of nitrogens with two attached hydrogens (primary N) is 1. The van der Waals surface area contributed by atoms with Crippen LogP contribution in [0, 0.1) is 0 Å². The van der Waals surface area contributed by atoms with Gasteiger partial charge in [0, 0.05) is 6.54 Å². The van der Waals surface area contributed by atoms with Crippen molar-refractivity contribution in [3.8, 4) is 5.75 Å². The van der Waals surface area contributed by atoms with Crippen LogP contribution in [0.15, 0.2) is 18.2 Å². The number of rotatable bonds is 6. The fourth-order valence-electron chi connectivity index (χ4n) is 2.64. The molecule has 0 unspecified atom stereocenters. The van der Waals surface area contributed by atoms with Crippen molar-refractivity contribution in [3.63, 3.8) is 0 Å². The third kappa shape index (κ3) is 4.36. The molecule has 5 heteroatoms. The number of methoxy groups -OCH3 is 1. The minimum absolute atomic E-state index is 0.196. The number of benzene rings is 1. The Morgan fingerprint density at radius 2 is 2.10 bits per heavy atom. The molecule has 1 aromatic carbocycles. The van der Waals surface area contributed by atoms with E-state index in [4.69, 9.17) is 15.2 Å². The lowest BCUT2D eigenvalue weighted by Gasteiger charge is -2.22. The molecule has 1 amide bonds. The minimum Gasteiger partial charge on any atom is -0.495 e. The normalized spacial score (nSPS) is 15.7. The standard InChI is InChI=1S/C16H24N2O3/c1-20-14-9-5-8-13(15(14)17)16(19)18-10-11-21-12-6-3-2-4-7-12/h5,8-9,12H,2-4,6-7,10-11,17H2,1H3,(H,18,19). The number of carbonyl (C=O) groups excluding carboxylic acids is 1. The number of hydrogen-bond acceptors (Lipinski definition) is 4. The quantitative estimate of drug-likeness (QED) is 0.623. The Kier molecular flexibility index (Phi) is 5.87. The Balaban J connectivity index is 1.76. The first-order chi connectivity index (χ1) is 10.2. The smallest absolute Gasteiger partial charge is 0.253 e. The number of nitrogens with one attached hydrogen (secondary N) is 1. The fourth-order valence-corrected chi connectivity index (χ4v) is 2.64. The summed E-state index contributed by atoms with van der Waals surface area (Å²) in [4.78, 5) is 12.1. The van der Waals surface area contributed by atoms with Crippen molar-refractivity contribution in [1.29, 1.82) is 0 Å². The zero-order valence-electron chi connectivity index (χ0n) is 12.6. The summed E-state index contributed by atoms with van der Waals surface area (Å²) in [5.41, 5.74) is 6.70. The van der Waals surface area contributed by atoms with E-state index >= 15 is 0 Å². The van der Waals surface area contributed by atoms with Crippen LogP contribution in [0.1, 0.15) is 42.5 Å². The first-order valence-corrected chi connectivity index (χ1v) is 7.54. The summed E-state index contributed by atoms with van der Waals surface area (Å²) in [5, 5.41) is 2.83. The van der Waals surface area contributed by atoms with Gasteiger partial charge in [-0.1, -0.05) is 25.3 Å². The summed E-state index contributed by atoms with van der Waals surface area (Å²) < 4.78 is 10.9. The number of hydrogen-bond donors (Lipinski definition) is 2. The average molecular weight is 292 g/mol. The van der Waals surface area contributed by atoms with Gasteiger partial charge < -0.3 is 20.5 Å². The van der Waals surface area contributed by atoms with Crippen LogP contribution in [-0.2, 0) is 4.74 Å². The molecule has 0 atom stereocenters. The van der Waals surface area contributed by atoms with Crippen LogP contribution in [0.3, 0.4) is 0 Å². The molecule has 1 aliphatic rings. The van der Waals surface area contributed by atoms with Gasteiger partial charge in [-0.15, -0.1) is 0 Å². The van der Waals surface area contributed by atoms with Crippen molar-refractivity contribution in [2.24, 2.45) is 0 Å². The summed E-state index contributed by atoms with van der Waals surface area (Å²) in [6.45, 7) is 1.03. The zero-order valence-corrected chi connectivity index (χ0v) is 12.6. The van der Waals surface area contributed by atoms with E-state index in [0.717, 1.165) is 12.8 Å². The monoisotopic (exact) mass is 292 g/mol. The molecule has 0 aliphatic heterocycles. The molecule has 116 valence electrons. The molecule has 0 radical (unpaired) electrons. The molecule has 0 aromatic heterocycles. The highest BCUT2D eigenvalue weighted by atomic mass is 16.5. The van der Waals surface area contributed by atoms with Crippen molar-refractivity contribution in [3.05, 3.63) is 23.8 Å². The summed E-state index contributed by atoms with van der Waals surface area (Å²) in [6.07, 6.45) is 6.44. The molecular formula is C16H24N2O3. The van der Waals surface area contributed by atoms with Gasteiger partial charge in [-0.2, -0.15) is 0 Å². The lowest BCUT2D eigenvalue weighted by atomic mass is 9.98. The predicted molar refractivity (Wildman–Crippen MR) is 82.6 cm³/mol. The molecule has 1 aliphatic carbocycles. The van der Waals surface area contributed by atoms with Crippen LogP contribution in [0.25, 0.3) is 0 Å². The van der Waals surface area contributed by atoms with E-state index in [9.17, 15) is 4.79 Å². The van der Waals surface area contributed by atoms with Gasteiger partial charge in [-0.05, 0) is 25.0 Å². The minimum atomic E-state index is -0.196. The highest BCUT2D eigenvalue weighted by Gasteiger charge is 2.15. The Hall–Kier alpha value is -1.75. The van der Waals surface area contributed by atoms with E-state index in [1.54, 1.807) is 18.2 Å². The van der Waals surface area contributed by atoms with E-state index in [1.165, 1.54) is 26.4 Å². The molecule has 1 aromatic rings. The van der Waals surface area contributed by atoms with Crippen LogP contribution in [0.2, 0.25) is 0 Å². The molecule has 1 fully saturated rings. The van der Waals surface area contributed by atoms with E-state index < -0.39 is 0 Å². The molecule has 0 heterocycles. The number of ether oxygens (including phenoxy) is 2. The summed E-state index contributed by atoms with van der Waals surface area (Å²) >= 11 is 0. The SMILES string of the molecule is COc1cccc(C(=O)NCCOC2CCCCC2)c1N. The van der Waals surface area contributed by atoms with Crippen molar-refractivity contribution >= 4 is 11.6 Å². The van der Waals surface area contributed by atoms with Crippen LogP contribution >= 0.6 is 0 Å². The van der Waals surface area contributed by atoms with Gasteiger partial charge >= 0.3 is 0 Å². The molecule has 21 heavy (non-hydrogen) atoms. The fraction of sp³-hybridized carbons (Fsp3) is 0.562. The Morgan fingerprint density at radius 3 is 2.81 bits per heavy atom. The van der Waals surface area contributed by atoms with Gasteiger partial charge in [0.15, 0.2) is 0 Å². The summed E-state index contributed by atoms with van der Waals surface area (Å²) in [6, 6.07) is 5.18. The molecule has 2 rings (SSSR count). The van der Waals surface area contributed by atoms with Gasteiger partial charge in [-0.3, -0.25) is 4.79 Å². The maximum atomic E-state index is 12.1. The Bertz CT molecular complexity index is 471. The number of carbonyl (C=O) groups is 1. The molecule has 0 bridgehead atoms. The second-order valence-corrected chi connectivity index (χ2v) is 5.31. The predicted octanol–water partition coefficient (Wildman–Crippen LogP) is 2.36. The highest BCUT2D eigenvalue weighted by Crippen LogP contribution is 2.24. The van der Waals surface area contributed by atoms with Gasteiger partial charge in [0.05, 0.1) is 31.1 Å². The van der Waals surface area contributed by atoms with Gasteiger partial charge in [-0.25, -0.2) is 0 Å². The second kappa shape index (κ2) is 7.88. The van der Waals surface area contributed by atoms with Crippen molar-refractivity contribution in [2.45, 2.75) is 38.2 Å². The maximum absolute atomic E-state index is 12.1. The first kappa shape index (κ1) is 15.6. The maximum Gasteiger partial charge on any atom is 0.253 e. The highest BCUT2D eigenvalue weighted by molar-refractivity contribution is 6.00. The Labute approximate surface area is 125 Å². The van der Waals surface area contributed by atoms with Crippen LogP contribution < -0.4 is 15.8 Å². The molecule has 0 spiro atoms. The third-order valence-electron chi connectivity index (χ3n) is 3.82. The molecule has 3 N–H and O–H groups in total. The number of para-hydroxylation sites is 1. The zero-order chi connectivity index (χ0) is 15.1. The van der Waals surface area contributed by atoms with Crippen LogP contribution in [-0.4, -0.2) is 32.3 Å². The summed E-state index contributed by atoms with van der Waals surface area (Å²) in [7, 11) is 1.53. The van der Waals surface area contributed by atoms with Gasteiger partial charge in [0.2, 0.25) is 0 Å². The van der Waals surface area contributed by atoms with Crippen LogP contribution in [0.5, 0.6) is 5.75 Å². The second-order valence-electron chi connectivity index (χ2n) is 5.31. The largest absolute Gasteiger partial charge is 0.495 e. The van der Waals surface area contributed by atoms with E-state index in [-0.39, 0.29) is 5.91 Å². The van der Waals surface area contributed by atoms with Crippen LogP contribution in [0.4, 0.5) is 5.69 Å². The van der Waals surface area contributed by atoms with E-state index in [2.05, 4.69) is 5.32 Å². The molecule has 0 saturated heterocycles. The number of anilines is 1. The number of amides is 1. The average Bonchev–Trinajstić information content (AvgIpc) is 2.52.